The topological polar surface area (TPSA) is 17.1 Å². The van der Waals surface area contributed by atoms with Crippen LogP contribution < -0.4 is 0 Å². The molecule has 2 rings (SSSR count). The lowest BCUT2D eigenvalue weighted by Crippen LogP contribution is -1.87. The van der Waals surface area contributed by atoms with Crippen LogP contribution in [0.5, 0.6) is 0 Å². The molecule has 0 amide bonds. The molecular formula is C11H6BrFOS. The maximum atomic E-state index is 13.1. The molecule has 2 aromatic rings. The fourth-order valence-corrected chi connectivity index (χ4v) is 2.94. The van der Waals surface area contributed by atoms with Crippen LogP contribution in [0.2, 0.25) is 0 Å². The number of carbonyl (C=O) groups is 1. The largest absolute Gasteiger partial charge is 0.298 e. The average Bonchev–Trinajstić information content (AvgIpc) is 2.64. The number of hydrogen-bond donors (Lipinski definition) is 0. The number of hydrogen-bond acceptors (Lipinski definition) is 2. The summed E-state index contributed by atoms with van der Waals surface area (Å²) in [6.07, 6.45) is 0.737. The Hall–Kier alpha value is -1.00. The van der Waals surface area contributed by atoms with Gasteiger partial charge in [0.25, 0.3) is 0 Å². The predicted octanol–water partition coefficient (Wildman–Crippen LogP) is 4.13. The van der Waals surface area contributed by atoms with E-state index in [2.05, 4.69) is 15.9 Å². The lowest BCUT2D eigenvalue weighted by Gasteiger charge is -2.03. The third-order valence-corrected chi connectivity index (χ3v) is 3.88. The van der Waals surface area contributed by atoms with Gasteiger partial charge >= 0.3 is 0 Å². The van der Waals surface area contributed by atoms with Gasteiger partial charge in [-0.3, -0.25) is 4.79 Å². The molecule has 0 spiro atoms. The molecular weight excluding hydrogens is 279 g/mol. The minimum Gasteiger partial charge on any atom is -0.298 e. The number of carbonyl (C=O) groups excluding carboxylic acids is 1. The summed E-state index contributed by atoms with van der Waals surface area (Å²) in [5.74, 6) is -0.337. The maximum absolute atomic E-state index is 13.1. The SMILES string of the molecule is O=Cc1ccc(F)cc1-c1sccc1Br. The molecule has 0 N–H and O–H groups in total. The number of benzene rings is 1. The van der Waals surface area contributed by atoms with Gasteiger partial charge in [-0.25, -0.2) is 4.39 Å². The average molecular weight is 285 g/mol. The van der Waals surface area contributed by atoms with Gasteiger partial charge in [0.2, 0.25) is 0 Å². The highest BCUT2D eigenvalue weighted by atomic mass is 79.9. The van der Waals surface area contributed by atoms with Crippen LogP contribution in [-0.2, 0) is 0 Å². The normalized spacial score (nSPS) is 10.3. The summed E-state index contributed by atoms with van der Waals surface area (Å²) in [7, 11) is 0. The molecule has 76 valence electrons. The molecule has 1 nitrogen and oxygen atoms in total. The molecule has 0 bridgehead atoms. The Morgan fingerprint density at radius 1 is 1.33 bits per heavy atom. The first-order chi connectivity index (χ1) is 7.22. The molecule has 0 saturated carbocycles. The van der Waals surface area contributed by atoms with Crippen LogP contribution in [0.1, 0.15) is 10.4 Å². The molecule has 0 unspecified atom stereocenters. The van der Waals surface area contributed by atoms with E-state index in [1.165, 1.54) is 29.5 Å². The van der Waals surface area contributed by atoms with Crippen LogP contribution in [0.25, 0.3) is 10.4 Å². The van der Waals surface area contributed by atoms with Gasteiger partial charge in [-0.2, -0.15) is 0 Å². The van der Waals surface area contributed by atoms with Crippen molar-refractivity contribution in [2.45, 2.75) is 0 Å². The second-order valence-electron chi connectivity index (χ2n) is 2.95. The minimum atomic E-state index is -0.337. The van der Waals surface area contributed by atoms with Gasteiger partial charge in [-0.05, 0) is 45.6 Å². The van der Waals surface area contributed by atoms with Crippen LogP contribution in [0.15, 0.2) is 34.1 Å². The van der Waals surface area contributed by atoms with Crippen LogP contribution in [-0.4, -0.2) is 6.29 Å². The van der Waals surface area contributed by atoms with Crippen molar-refractivity contribution in [2.75, 3.05) is 0 Å². The van der Waals surface area contributed by atoms with Gasteiger partial charge in [0.05, 0.1) is 0 Å². The molecule has 0 fully saturated rings. The summed E-state index contributed by atoms with van der Waals surface area (Å²) in [6, 6.07) is 6.03. The zero-order valence-electron chi connectivity index (χ0n) is 7.54. The van der Waals surface area contributed by atoms with Crippen molar-refractivity contribution in [3.63, 3.8) is 0 Å². The van der Waals surface area contributed by atoms with Crippen molar-refractivity contribution < 1.29 is 9.18 Å². The molecule has 0 radical (unpaired) electrons. The van der Waals surface area contributed by atoms with Crippen molar-refractivity contribution >= 4 is 33.6 Å². The molecule has 0 aliphatic carbocycles. The molecule has 1 aromatic heterocycles. The van der Waals surface area contributed by atoms with E-state index in [0.29, 0.717) is 11.1 Å². The number of rotatable bonds is 2. The van der Waals surface area contributed by atoms with Crippen molar-refractivity contribution in [1.29, 1.82) is 0 Å². The molecule has 1 heterocycles. The Kier molecular flexibility index (Phi) is 2.98. The Morgan fingerprint density at radius 3 is 2.73 bits per heavy atom. The molecule has 0 saturated heterocycles. The van der Waals surface area contributed by atoms with Crippen LogP contribution in [0.4, 0.5) is 4.39 Å². The van der Waals surface area contributed by atoms with E-state index in [-0.39, 0.29) is 5.82 Å². The molecule has 4 heteroatoms. The lowest BCUT2D eigenvalue weighted by molar-refractivity contribution is 0.112. The van der Waals surface area contributed by atoms with Crippen molar-refractivity contribution in [2.24, 2.45) is 0 Å². The third kappa shape index (κ3) is 2.01. The Bertz CT molecular complexity index is 507. The first kappa shape index (κ1) is 10.5. The molecule has 15 heavy (non-hydrogen) atoms. The smallest absolute Gasteiger partial charge is 0.150 e. The van der Waals surface area contributed by atoms with Gasteiger partial charge in [-0.15, -0.1) is 11.3 Å². The second kappa shape index (κ2) is 4.24. The predicted molar refractivity (Wildman–Crippen MR) is 62.8 cm³/mol. The van der Waals surface area contributed by atoms with E-state index >= 15 is 0 Å². The minimum absolute atomic E-state index is 0.337. The summed E-state index contributed by atoms with van der Waals surface area (Å²) in [4.78, 5) is 11.7. The van der Waals surface area contributed by atoms with Crippen LogP contribution in [0, 0.1) is 5.82 Å². The molecule has 0 aliphatic heterocycles. The zero-order valence-corrected chi connectivity index (χ0v) is 9.94. The first-order valence-electron chi connectivity index (χ1n) is 4.20. The summed E-state index contributed by atoms with van der Waals surface area (Å²) < 4.78 is 14.0. The van der Waals surface area contributed by atoms with Gasteiger partial charge in [0.15, 0.2) is 6.29 Å². The number of aldehydes is 1. The van der Waals surface area contributed by atoms with E-state index in [9.17, 15) is 9.18 Å². The Balaban J connectivity index is 2.65. The lowest BCUT2D eigenvalue weighted by atomic mass is 10.1. The molecule has 0 aliphatic rings. The van der Waals surface area contributed by atoms with E-state index in [4.69, 9.17) is 0 Å². The Labute approximate surface area is 98.7 Å². The summed E-state index contributed by atoms with van der Waals surface area (Å²) in [6.45, 7) is 0. The standard InChI is InChI=1S/C11H6BrFOS/c12-10-3-4-15-11(10)9-5-8(13)2-1-7(9)6-14/h1-6H. The van der Waals surface area contributed by atoms with Gasteiger partial charge in [0.1, 0.15) is 5.82 Å². The van der Waals surface area contributed by atoms with E-state index < -0.39 is 0 Å². The van der Waals surface area contributed by atoms with Crippen molar-refractivity contribution in [1.82, 2.24) is 0 Å². The third-order valence-electron chi connectivity index (χ3n) is 2.00. The number of thiophene rings is 1. The van der Waals surface area contributed by atoms with Gasteiger partial charge in [-0.1, -0.05) is 0 Å². The molecule has 0 atom stereocenters. The highest BCUT2D eigenvalue weighted by molar-refractivity contribution is 9.10. The monoisotopic (exact) mass is 284 g/mol. The summed E-state index contributed by atoms with van der Waals surface area (Å²) in [5, 5.41) is 1.89. The molecule has 1 aromatic carbocycles. The Morgan fingerprint density at radius 2 is 2.13 bits per heavy atom. The number of halogens is 2. The highest BCUT2D eigenvalue weighted by Crippen LogP contribution is 2.35. The van der Waals surface area contributed by atoms with E-state index in [0.717, 1.165) is 15.6 Å². The first-order valence-corrected chi connectivity index (χ1v) is 5.87. The van der Waals surface area contributed by atoms with E-state index in [1.807, 2.05) is 11.4 Å². The van der Waals surface area contributed by atoms with Gasteiger partial charge < -0.3 is 0 Å². The fourth-order valence-electron chi connectivity index (χ4n) is 1.31. The highest BCUT2D eigenvalue weighted by Gasteiger charge is 2.10. The summed E-state index contributed by atoms with van der Waals surface area (Å²) in [5.41, 5.74) is 1.13. The van der Waals surface area contributed by atoms with Gasteiger partial charge in [0, 0.05) is 20.5 Å². The van der Waals surface area contributed by atoms with Crippen LogP contribution >= 0.6 is 27.3 Å². The maximum Gasteiger partial charge on any atom is 0.150 e. The van der Waals surface area contributed by atoms with Crippen molar-refractivity contribution in [3.05, 3.63) is 45.5 Å². The second-order valence-corrected chi connectivity index (χ2v) is 4.72. The van der Waals surface area contributed by atoms with Crippen molar-refractivity contribution in [3.8, 4) is 10.4 Å². The zero-order chi connectivity index (χ0) is 10.8. The van der Waals surface area contributed by atoms with E-state index in [1.54, 1.807) is 0 Å². The van der Waals surface area contributed by atoms with Crippen LogP contribution in [0.3, 0.4) is 0 Å². The fraction of sp³-hybridized carbons (Fsp3) is 0. The quantitative estimate of drug-likeness (QED) is 0.758. The summed E-state index contributed by atoms with van der Waals surface area (Å²) >= 11 is 4.83.